The van der Waals surface area contributed by atoms with Crippen molar-refractivity contribution in [2.24, 2.45) is 5.92 Å². The Balaban J connectivity index is 2.20. The van der Waals surface area contributed by atoms with Gasteiger partial charge < -0.3 is 9.47 Å². The molecule has 0 fully saturated rings. The molecule has 0 aromatic heterocycles. The summed E-state index contributed by atoms with van der Waals surface area (Å²) < 4.78 is 11.2. The first-order valence-electron chi connectivity index (χ1n) is 6.38. The molecule has 0 spiro atoms. The van der Waals surface area contributed by atoms with Gasteiger partial charge in [-0.25, -0.2) is 0 Å². The van der Waals surface area contributed by atoms with Gasteiger partial charge in [-0.05, 0) is 31.0 Å². The Morgan fingerprint density at radius 1 is 1.22 bits per heavy atom. The molecule has 0 bridgehead atoms. The second-order valence-electron chi connectivity index (χ2n) is 4.66. The molecule has 98 valence electrons. The maximum atomic E-state index is 8.76. The third-order valence-electron chi connectivity index (χ3n) is 2.84. The molecule has 1 aromatic rings. The van der Waals surface area contributed by atoms with E-state index < -0.39 is 0 Å². The molecule has 1 aromatic carbocycles. The van der Waals surface area contributed by atoms with Crippen molar-refractivity contribution in [2.45, 2.75) is 33.3 Å². The molecule has 0 radical (unpaired) electrons. The number of nitrogens with zero attached hydrogens (tertiary/aromatic N) is 1. The van der Waals surface area contributed by atoms with E-state index in [0.29, 0.717) is 24.7 Å². The zero-order chi connectivity index (χ0) is 13.4. The van der Waals surface area contributed by atoms with E-state index in [2.05, 4.69) is 26.8 Å². The van der Waals surface area contributed by atoms with Crippen LogP contribution in [-0.2, 0) is 4.74 Å². The van der Waals surface area contributed by atoms with E-state index in [1.807, 2.05) is 12.1 Å². The van der Waals surface area contributed by atoms with E-state index in [4.69, 9.17) is 14.7 Å². The van der Waals surface area contributed by atoms with E-state index in [-0.39, 0.29) is 6.10 Å². The van der Waals surface area contributed by atoms with Crippen molar-refractivity contribution in [3.8, 4) is 11.8 Å². The summed E-state index contributed by atoms with van der Waals surface area (Å²) in [5.74, 6) is 1.28. The standard InChI is InChI=1S/C15H21NO2/c1-12(2)13(3)17-8-5-9-18-15-7-4-6-14(10-15)11-16/h4,6-7,10,12-13H,5,8-9H2,1-3H3. The molecule has 0 aliphatic carbocycles. The fourth-order valence-corrected chi connectivity index (χ4v) is 1.37. The van der Waals surface area contributed by atoms with Gasteiger partial charge in [0.25, 0.3) is 0 Å². The molecule has 0 N–H and O–H groups in total. The van der Waals surface area contributed by atoms with Crippen molar-refractivity contribution in [1.82, 2.24) is 0 Å². The third kappa shape index (κ3) is 5.20. The number of hydrogen-bond acceptors (Lipinski definition) is 3. The van der Waals surface area contributed by atoms with Gasteiger partial charge in [0.05, 0.1) is 31.0 Å². The Kier molecular flexibility index (Phi) is 6.24. The summed E-state index contributed by atoms with van der Waals surface area (Å²) in [6.07, 6.45) is 1.14. The monoisotopic (exact) mass is 247 g/mol. The van der Waals surface area contributed by atoms with E-state index >= 15 is 0 Å². The molecule has 0 saturated carbocycles. The highest BCUT2D eigenvalue weighted by Crippen LogP contribution is 2.13. The summed E-state index contributed by atoms with van der Waals surface area (Å²) in [6.45, 7) is 7.70. The van der Waals surface area contributed by atoms with Crippen LogP contribution in [0.4, 0.5) is 0 Å². The van der Waals surface area contributed by atoms with Gasteiger partial charge in [-0.1, -0.05) is 19.9 Å². The first kappa shape index (κ1) is 14.5. The van der Waals surface area contributed by atoms with Crippen LogP contribution in [0, 0.1) is 17.2 Å². The largest absolute Gasteiger partial charge is 0.493 e. The fourth-order valence-electron chi connectivity index (χ4n) is 1.37. The van der Waals surface area contributed by atoms with Crippen LogP contribution in [0.2, 0.25) is 0 Å². The zero-order valence-corrected chi connectivity index (χ0v) is 11.3. The number of benzene rings is 1. The summed E-state index contributed by atoms with van der Waals surface area (Å²) in [5.41, 5.74) is 0.622. The molecule has 1 atom stereocenters. The van der Waals surface area contributed by atoms with Crippen molar-refractivity contribution in [3.63, 3.8) is 0 Å². The Labute approximate surface area is 109 Å². The van der Waals surface area contributed by atoms with Gasteiger partial charge in [0.15, 0.2) is 0 Å². The number of hydrogen-bond donors (Lipinski definition) is 0. The molecule has 0 aliphatic rings. The van der Waals surface area contributed by atoms with Gasteiger partial charge in [0.2, 0.25) is 0 Å². The van der Waals surface area contributed by atoms with Crippen molar-refractivity contribution >= 4 is 0 Å². The Morgan fingerprint density at radius 3 is 2.67 bits per heavy atom. The molecule has 1 rings (SSSR count). The van der Waals surface area contributed by atoms with E-state index in [1.165, 1.54) is 0 Å². The fraction of sp³-hybridized carbons (Fsp3) is 0.533. The highest BCUT2D eigenvalue weighted by molar-refractivity contribution is 5.36. The number of ether oxygens (including phenoxy) is 2. The van der Waals surface area contributed by atoms with E-state index in [0.717, 1.165) is 12.2 Å². The van der Waals surface area contributed by atoms with Crippen molar-refractivity contribution in [2.75, 3.05) is 13.2 Å². The second-order valence-corrected chi connectivity index (χ2v) is 4.66. The lowest BCUT2D eigenvalue weighted by atomic mass is 10.1. The minimum Gasteiger partial charge on any atom is -0.493 e. The minimum atomic E-state index is 0.284. The molecule has 0 amide bonds. The number of nitriles is 1. The molecular weight excluding hydrogens is 226 g/mol. The van der Waals surface area contributed by atoms with Crippen molar-refractivity contribution in [1.29, 1.82) is 5.26 Å². The lowest BCUT2D eigenvalue weighted by Gasteiger charge is -2.16. The predicted molar refractivity (Wildman–Crippen MR) is 71.5 cm³/mol. The van der Waals surface area contributed by atoms with Crippen LogP contribution in [0.25, 0.3) is 0 Å². The molecular formula is C15H21NO2. The molecule has 3 nitrogen and oxygen atoms in total. The van der Waals surface area contributed by atoms with Crippen LogP contribution in [0.1, 0.15) is 32.8 Å². The number of rotatable bonds is 7. The zero-order valence-electron chi connectivity index (χ0n) is 11.3. The van der Waals surface area contributed by atoms with Gasteiger partial charge in [-0.15, -0.1) is 0 Å². The van der Waals surface area contributed by atoms with Gasteiger partial charge >= 0.3 is 0 Å². The highest BCUT2D eigenvalue weighted by atomic mass is 16.5. The van der Waals surface area contributed by atoms with Crippen LogP contribution in [-0.4, -0.2) is 19.3 Å². The van der Waals surface area contributed by atoms with Crippen LogP contribution in [0.5, 0.6) is 5.75 Å². The third-order valence-corrected chi connectivity index (χ3v) is 2.84. The molecule has 3 heteroatoms. The van der Waals surface area contributed by atoms with Crippen LogP contribution in [0.15, 0.2) is 24.3 Å². The lowest BCUT2D eigenvalue weighted by Crippen LogP contribution is -2.17. The van der Waals surface area contributed by atoms with Gasteiger partial charge in [0, 0.05) is 6.42 Å². The summed E-state index contributed by atoms with van der Waals surface area (Å²) >= 11 is 0. The maximum absolute atomic E-state index is 8.76. The Morgan fingerprint density at radius 2 is 2.00 bits per heavy atom. The molecule has 0 aliphatic heterocycles. The normalized spacial score (nSPS) is 12.2. The molecule has 18 heavy (non-hydrogen) atoms. The van der Waals surface area contributed by atoms with Gasteiger partial charge in [-0.3, -0.25) is 0 Å². The summed E-state index contributed by atoms with van der Waals surface area (Å²) in [5, 5.41) is 8.76. The average Bonchev–Trinajstić information content (AvgIpc) is 2.38. The second kappa shape index (κ2) is 7.73. The van der Waals surface area contributed by atoms with Crippen molar-refractivity contribution < 1.29 is 9.47 Å². The first-order chi connectivity index (χ1) is 8.63. The van der Waals surface area contributed by atoms with Gasteiger partial charge in [0.1, 0.15) is 5.75 Å². The smallest absolute Gasteiger partial charge is 0.120 e. The van der Waals surface area contributed by atoms with Crippen LogP contribution in [0.3, 0.4) is 0 Å². The van der Waals surface area contributed by atoms with Crippen molar-refractivity contribution in [3.05, 3.63) is 29.8 Å². The quantitative estimate of drug-likeness (QED) is 0.694. The minimum absolute atomic E-state index is 0.284. The van der Waals surface area contributed by atoms with Gasteiger partial charge in [-0.2, -0.15) is 5.26 Å². The summed E-state index contributed by atoms with van der Waals surface area (Å²) in [6, 6.07) is 9.29. The summed E-state index contributed by atoms with van der Waals surface area (Å²) in [4.78, 5) is 0. The maximum Gasteiger partial charge on any atom is 0.120 e. The highest BCUT2D eigenvalue weighted by Gasteiger charge is 2.06. The van der Waals surface area contributed by atoms with E-state index in [1.54, 1.807) is 12.1 Å². The van der Waals surface area contributed by atoms with E-state index in [9.17, 15) is 0 Å². The van der Waals surface area contributed by atoms with Crippen LogP contribution >= 0.6 is 0 Å². The average molecular weight is 247 g/mol. The topological polar surface area (TPSA) is 42.2 Å². The Hall–Kier alpha value is -1.53. The SMILES string of the molecule is CC(C)C(C)OCCCOc1cccc(C#N)c1. The van der Waals surface area contributed by atoms with Crippen LogP contribution < -0.4 is 4.74 Å². The molecule has 1 unspecified atom stereocenters. The predicted octanol–water partition coefficient (Wildman–Crippen LogP) is 3.39. The lowest BCUT2D eigenvalue weighted by molar-refractivity contribution is 0.0291. The molecule has 0 heterocycles. The molecule has 0 saturated heterocycles. The first-order valence-corrected chi connectivity index (χ1v) is 6.38. The Bertz CT molecular complexity index is 396. The summed E-state index contributed by atoms with van der Waals surface area (Å²) in [7, 11) is 0.